The van der Waals surface area contributed by atoms with Crippen LogP contribution in [0.15, 0.2) is 22.6 Å². The summed E-state index contributed by atoms with van der Waals surface area (Å²) in [6, 6.07) is 6.40. The second kappa shape index (κ2) is 6.81. The molecule has 1 aromatic carbocycles. The van der Waals surface area contributed by atoms with Crippen molar-refractivity contribution in [2.45, 2.75) is 45.4 Å². The van der Waals surface area contributed by atoms with Gasteiger partial charge in [0.1, 0.15) is 6.10 Å². The van der Waals surface area contributed by atoms with Gasteiger partial charge in [0.25, 0.3) is 0 Å². The number of nitrogens with zero attached hydrogens (tertiary/aromatic N) is 4. The van der Waals surface area contributed by atoms with Crippen LogP contribution in [0.25, 0.3) is 0 Å². The highest BCUT2D eigenvalue weighted by Crippen LogP contribution is 2.29. The summed E-state index contributed by atoms with van der Waals surface area (Å²) in [6.07, 6.45) is 1.30. The molecule has 2 atom stereocenters. The van der Waals surface area contributed by atoms with Gasteiger partial charge in [-0.2, -0.15) is 0 Å². The number of carbonyl (C=O) groups is 1. The fourth-order valence-corrected chi connectivity index (χ4v) is 3.81. The highest BCUT2D eigenvalue weighted by Gasteiger charge is 2.30. The number of aromatic nitrogens is 2. The standard InChI is InChI=1S/C19H24N4O3/c1-12-9-23(11-17(25-12)19-21-20-13(2)26-19)10-14-4-6-16-15(8-14)5-7-18(24)22(16)3/h4,6,8,12,17H,5,7,9-11H2,1-3H3/t12-,17-/m1/s1. The molecule has 26 heavy (non-hydrogen) atoms. The number of fused-ring (bicyclic) bond motifs is 1. The van der Waals surface area contributed by atoms with Crippen molar-refractivity contribution in [3.8, 4) is 0 Å². The maximum absolute atomic E-state index is 11.9. The molecule has 4 rings (SSSR count). The number of benzene rings is 1. The molecule has 0 aliphatic carbocycles. The van der Waals surface area contributed by atoms with E-state index < -0.39 is 0 Å². The monoisotopic (exact) mass is 356 g/mol. The number of amides is 1. The van der Waals surface area contributed by atoms with E-state index in [-0.39, 0.29) is 18.1 Å². The van der Waals surface area contributed by atoms with Crippen LogP contribution in [0, 0.1) is 6.92 Å². The van der Waals surface area contributed by atoms with Crippen molar-refractivity contribution in [1.82, 2.24) is 15.1 Å². The lowest BCUT2D eigenvalue weighted by Crippen LogP contribution is -2.42. The second-order valence-electron chi connectivity index (χ2n) is 7.20. The largest absolute Gasteiger partial charge is 0.423 e. The van der Waals surface area contributed by atoms with Crippen molar-refractivity contribution in [3.05, 3.63) is 41.1 Å². The predicted molar refractivity (Wildman–Crippen MR) is 95.8 cm³/mol. The maximum atomic E-state index is 11.9. The lowest BCUT2D eigenvalue weighted by Gasteiger charge is -2.35. The molecule has 1 saturated heterocycles. The number of ether oxygens (including phenoxy) is 1. The molecule has 2 aliphatic rings. The van der Waals surface area contributed by atoms with E-state index in [1.165, 1.54) is 11.1 Å². The smallest absolute Gasteiger partial charge is 0.246 e. The molecular weight excluding hydrogens is 332 g/mol. The van der Waals surface area contributed by atoms with Crippen LogP contribution in [-0.4, -0.2) is 47.2 Å². The number of morpholine rings is 1. The average molecular weight is 356 g/mol. The van der Waals surface area contributed by atoms with E-state index in [2.05, 4.69) is 40.2 Å². The summed E-state index contributed by atoms with van der Waals surface area (Å²) in [4.78, 5) is 16.0. The Morgan fingerprint density at radius 3 is 2.85 bits per heavy atom. The Labute approximate surface area is 152 Å². The van der Waals surface area contributed by atoms with E-state index in [1.54, 1.807) is 11.8 Å². The molecular formula is C19H24N4O3. The summed E-state index contributed by atoms with van der Waals surface area (Å²) < 4.78 is 11.5. The topological polar surface area (TPSA) is 71.7 Å². The molecule has 0 bridgehead atoms. The molecule has 1 amide bonds. The number of anilines is 1. The van der Waals surface area contributed by atoms with Gasteiger partial charge >= 0.3 is 0 Å². The third kappa shape index (κ3) is 3.37. The SMILES string of the molecule is Cc1nnc([C@H]2CN(Cc3ccc4c(c3)CCC(=O)N4C)C[C@@H](C)O2)o1. The van der Waals surface area contributed by atoms with E-state index >= 15 is 0 Å². The minimum Gasteiger partial charge on any atom is -0.423 e. The Morgan fingerprint density at radius 2 is 2.08 bits per heavy atom. The molecule has 2 aliphatic heterocycles. The van der Waals surface area contributed by atoms with E-state index in [4.69, 9.17) is 9.15 Å². The van der Waals surface area contributed by atoms with Crippen molar-refractivity contribution in [1.29, 1.82) is 0 Å². The molecule has 1 aromatic heterocycles. The van der Waals surface area contributed by atoms with Crippen LogP contribution in [0.4, 0.5) is 5.69 Å². The predicted octanol–water partition coefficient (Wildman–Crippen LogP) is 2.25. The van der Waals surface area contributed by atoms with Gasteiger partial charge in [-0.05, 0) is 30.5 Å². The first-order valence-corrected chi connectivity index (χ1v) is 9.06. The summed E-state index contributed by atoms with van der Waals surface area (Å²) in [6.45, 7) is 6.27. The van der Waals surface area contributed by atoms with Gasteiger partial charge in [-0.3, -0.25) is 9.69 Å². The van der Waals surface area contributed by atoms with Crippen LogP contribution < -0.4 is 4.90 Å². The molecule has 0 saturated carbocycles. The van der Waals surface area contributed by atoms with Crippen molar-refractivity contribution in [2.75, 3.05) is 25.0 Å². The molecule has 7 nitrogen and oxygen atoms in total. The maximum Gasteiger partial charge on any atom is 0.246 e. The Balaban J connectivity index is 1.49. The van der Waals surface area contributed by atoms with E-state index in [1.807, 2.05) is 7.05 Å². The van der Waals surface area contributed by atoms with Gasteiger partial charge < -0.3 is 14.1 Å². The number of rotatable bonds is 3. The molecule has 0 N–H and O–H groups in total. The van der Waals surface area contributed by atoms with Crippen LogP contribution in [0.2, 0.25) is 0 Å². The number of carbonyl (C=O) groups excluding carboxylic acids is 1. The average Bonchev–Trinajstić information content (AvgIpc) is 3.04. The first kappa shape index (κ1) is 17.2. The van der Waals surface area contributed by atoms with Gasteiger partial charge in [-0.25, -0.2) is 0 Å². The molecule has 1 fully saturated rings. The van der Waals surface area contributed by atoms with Gasteiger partial charge in [0.05, 0.1) is 6.10 Å². The van der Waals surface area contributed by atoms with Crippen molar-refractivity contribution in [3.63, 3.8) is 0 Å². The normalized spacial score (nSPS) is 24.0. The van der Waals surface area contributed by atoms with Gasteiger partial charge in [-0.1, -0.05) is 12.1 Å². The summed E-state index contributed by atoms with van der Waals surface area (Å²) in [5, 5.41) is 8.02. The summed E-state index contributed by atoms with van der Waals surface area (Å²) in [5.74, 6) is 1.29. The fourth-order valence-electron chi connectivity index (χ4n) is 3.81. The highest BCUT2D eigenvalue weighted by molar-refractivity contribution is 5.95. The van der Waals surface area contributed by atoms with Crippen LogP contribution in [0.1, 0.15) is 42.4 Å². The van der Waals surface area contributed by atoms with Crippen LogP contribution in [0.3, 0.4) is 0 Å². The van der Waals surface area contributed by atoms with Gasteiger partial charge in [0, 0.05) is 45.7 Å². The Kier molecular flexibility index (Phi) is 4.50. The van der Waals surface area contributed by atoms with E-state index in [0.29, 0.717) is 18.2 Å². The Hall–Kier alpha value is -2.25. The fraction of sp³-hybridized carbons (Fsp3) is 0.526. The van der Waals surface area contributed by atoms with Crippen LogP contribution in [0.5, 0.6) is 0 Å². The first-order valence-electron chi connectivity index (χ1n) is 9.06. The third-order valence-electron chi connectivity index (χ3n) is 5.05. The van der Waals surface area contributed by atoms with E-state index in [0.717, 1.165) is 31.7 Å². The van der Waals surface area contributed by atoms with Crippen molar-refractivity contribution >= 4 is 11.6 Å². The Morgan fingerprint density at radius 1 is 1.23 bits per heavy atom. The zero-order valence-electron chi connectivity index (χ0n) is 15.4. The van der Waals surface area contributed by atoms with Crippen LogP contribution >= 0.6 is 0 Å². The molecule has 7 heteroatoms. The highest BCUT2D eigenvalue weighted by atomic mass is 16.5. The number of aryl methyl sites for hydroxylation is 2. The molecule has 0 spiro atoms. The summed E-state index contributed by atoms with van der Waals surface area (Å²) >= 11 is 0. The third-order valence-corrected chi connectivity index (χ3v) is 5.05. The number of hydrogen-bond donors (Lipinski definition) is 0. The van der Waals surface area contributed by atoms with E-state index in [9.17, 15) is 4.79 Å². The van der Waals surface area contributed by atoms with Gasteiger partial charge in [0.15, 0.2) is 0 Å². The molecule has 2 aromatic rings. The van der Waals surface area contributed by atoms with Gasteiger partial charge in [-0.15, -0.1) is 10.2 Å². The summed E-state index contributed by atoms with van der Waals surface area (Å²) in [7, 11) is 1.85. The molecule has 0 unspecified atom stereocenters. The lowest BCUT2D eigenvalue weighted by atomic mass is 9.99. The quantitative estimate of drug-likeness (QED) is 0.840. The number of hydrogen-bond acceptors (Lipinski definition) is 6. The minimum atomic E-state index is -0.193. The molecule has 138 valence electrons. The molecule has 0 radical (unpaired) electrons. The van der Waals surface area contributed by atoms with Crippen molar-refractivity contribution in [2.24, 2.45) is 0 Å². The second-order valence-corrected chi connectivity index (χ2v) is 7.20. The first-order chi connectivity index (χ1) is 12.5. The minimum absolute atomic E-state index is 0.0994. The summed E-state index contributed by atoms with van der Waals surface area (Å²) in [5.41, 5.74) is 3.52. The lowest BCUT2D eigenvalue weighted by molar-refractivity contribution is -0.118. The van der Waals surface area contributed by atoms with Gasteiger partial charge in [0.2, 0.25) is 17.7 Å². The zero-order chi connectivity index (χ0) is 18.3. The Bertz CT molecular complexity index is 819. The molecule has 3 heterocycles. The van der Waals surface area contributed by atoms with Crippen LogP contribution in [-0.2, 0) is 22.5 Å². The zero-order valence-corrected chi connectivity index (χ0v) is 15.4. The van der Waals surface area contributed by atoms with Crippen molar-refractivity contribution < 1.29 is 13.9 Å².